The molecule has 0 aromatic carbocycles. The van der Waals surface area contributed by atoms with E-state index in [0.717, 1.165) is 43.5 Å². The van der Waals surface area contributed by atoms with Crippen LogP contribution < -0.4 is 0 Å². The Morgan fingerprint density at radius 3 is 2.88 bits per heavy atom. The first-order chi connectivity index (χ1) is 11.6. The summed E-state index contributed by atoms with van der Waals surface area (Å²) in [7, 11) is 0. The number of amides is 1. The Labute approximate surface area is 138 Å². The Hall–Kier alpha value is -2.64. The first kappa shape index (κ1) is 14.9. The molecule has 0 spiro atoms. The first-order valence-corrected chi connectivity index (χ1v) is 8.25. The minimum Gasteiger partial charge on any atom is -0.476 e. The van der Waals surface area contributed by atoms with Crippen LogP contribution >= 0.6 is 0 Å². The van der Waals surface area contributed by atoms with Crippen LogP contribution in [0.1, 0.15) is 58.1 Å². The van der Waals surface area contributed by atoms with E-state index < -0.39 is 5.97 Å². The van der Waals surface area contributed by atoms with Gasteiger partial charge >= 0.3 is 5.97 Å². The lowest BCUT2D eigenvalue weighted by Crippen LogP contribution is -2.38. The maximum Gasteiger partial charge on any atom is 0.358 e. The largest absolute Gasteiger partial charge is 0.476 e. The highest BCUT2D eigenvalue weighted by Crippen LogP contribution is 2.41. The van der Waals surface area contributed by atoms with E-state index >= 15 is 0 Å². The highest BCUT2D eigenvalue weighted by atomic mass is 16.4. The van der Waals surface area contributed by atoms with Crippen LogP contribution in [0.25, 0.3) is 0 Å². The molecule has 8 heteroatoms. The number of H-pyrrole nitrogens is 1. The van der Waals surface area contributed by atoms with Gasteiger partial charge in [-0.2, -0.15) is 0 Å². The van der Waals surface area contributed by atoms with Gasteiger partial charge in [-0.3, -0.25) is 4.79 Å². The average molecular weight is 329 g/mol. The van der Waals surface area contributed by atoms with E-state index in [1.807, 2.05) is 17.2 Å². The van der Waals surface area contributed by atoms with Crippen LogP contribution in [0.4, 0.5) is 0 Å². The number of carboxylic acids is 1. The summed E-state index contributed by atoms with van der Waals surface area (Å²) in [6.07, 6.45) is 7.36. The van der Waals surface area contributed by atoms with Crippen LogP contribution in [0, 0.1) is 0 Å². The molecule has 1 atom stereocenters. The number of aromatic amines is 1. The standard InChI is InChI=1S/C16H19N5O3/c22-15(12-5-6-17-14(12)10-3-4-10)21-7-1-2-11(21)8-20-9-13(16(23)24)18-19-20/h5-6,9-11,17H,1-4,7-8H2,(H,23,24). The zero-order chi connectivity index (χ0) is 16.7. The normalized spacial score (nSPS) is 20.5. The molecule has 4 rings (SSSR count). The van der Waals surface area contributed by atoms with Gasteiger partial charge in [0.25, 0.3) is 5.91 Å². The van der Waals surface area contributed by atoms with E-state index in [4.69, 9.17) is 5.11 Å². The minimum absolute atomic E-state index is 0.0165. The second-order valence-corrected chi connectivity index (χ2v) is 6.50. The third-order valence-electron chi connectivity index (χ3n) is 4.79. The van der Waals surface area contributed by atoms with Gasteiger partial charge in [-0.25, -0.2) is 9.48 Å². The summed E-state index contributed by atoms with van der Waals surface area (Å²) in [4.78, 5) is 28.9. The van der Waals surface area contributed by atoms with Crippen LogP contribution in [0.3, 0.4) is 0 Å². The third kappa shape index (κ3) is 2.68. The molecule has 0 bridgehead atoms. The molecule has 2 N–H and O–H groups in total. The molecule has 8 nitrogen and oxygen atoms in total. The number of carbonyl (C=O) groups is 2. The molecule has 1 unspecified atom stereocenters. The van der Waals surface area contributed by atoms with E-state index in [2.05, 4.69) is 15.3 Å². The average Bonchev–Trinajstić information content (AvgIpc) is 3.00. The molecule has 1 aliphatic carbocycles. The molecule has 1 saturated carbocycles. The first-order valence-electron chi connectivity index (χ1n) is 8.25. The van der Waals surface area contributed by atoms with Crippen LogP contribution in [0.15, 0.2) is 18.5 Å². The number of nitrogens with one attached hydrogen (secondary N) is 1. The Morgan fingerprint density at radius 1 is 1.33 bits per heavy atom. The van der Waals surface area contributed by atoms with Crippen molar-refractivity contribution in [1.29, 1.82) is 0 Å². The van der Waals surface area contributed by atoms with E-state index in [9.17, 15) is 9.59 Å². The van der Waals surface area contributed by atoms with Crippen molar-refractivity contribution in [2.45, 2.75) is 44.2 Å². The van der Waals surface area contributed by atoms with Crippen LogP contribution in [-0.4, -0.2) is 54.4 Å². The number of carbonyl (C=O) groups excluding carboxylic acids is 1. The van der Waals surface area contributed by atoms with Gasteiger partial charge in [0.05, 0.1) is 24.3 Å². The summed E-state index contributed by atoms with van der Waals surface area (Å²) in [5.74, 6) is -0.547. The molecule has 0 radical (unpaired) electrons. The summed E-state index contributed by atoms with van der Waals surface area (Å²) in [6, 6.07) is 1.88. The Morgan fingerprint density at radius 2 is 2.17 bits per heavy atom. The van der Waals surface area contributed by atoms with Gasteiger partial charge in [0.1, 0.15) is 0 Å². The van der Waals surface area contributed by atoms with Crippen molar-refractivity contribution < 1.29 is 14.7 Å². The molecule has 3 heterocycles. The molecule has 24 heavy (non-hydrogen) atoms. The van der Waals surface area contributed by atoms with E-state index in [-0.39, 0.29) is 17.6 Å². The third-order valence-corrected chi connectivity index (χ3v) is 4.79. The number of aromatic carboxylic acids is 1. The van der Waals surface area contributed by atoms with Crippen molar-refractivity contribution in [2.24, 2.45) is 0 Å². The lowest BCUT2D eigenvalue weighted by atomic mass is 10.1. The lowest BCUT2D eigenvalue weighted by molar-refractivity contribution is 0.0686. The van der Waals surface area contributed by atoms with Crippen LogP contribution in [0.2, 0.25) is 0 Å². The second kappa shape index (κ2) is 5.77. The van der Waals surface area contributed by atoms with Gasteiger partial charge < -0.3 is 15.0 Å². The van der Waals surface area contributed by atoms with Gasteiger partial charge in [0.2, 0.25) is 0 Å². The van der Waals surface area contributed by atoms with Crippen molar-refractivity contribution in [1.82, 2.24) is 24.9 Å². The number of aromatic nitrogens is 4. The maximum atomic E-state index is 12.9. The summed E-state index contributed by atoms with van der Waals surface area (Å²) in [5, 5.41) is 16.4. The molecular formula is C16H19N5O3. The number of nitrogens with zero attached hydrogens (tertiary/aromatic N) is 4. The van der Waals surface area contributed by atoms with E-state index in [0.29, 0.717) is 12.5 Å². The number of hydrogen-bond acceptors (Lipinski definition) is 4. The summed E-state index contributed by atoms with van der Waals surface area (Å²) >= 11 is 0. The Kier molecular flexibility index (Phi) is 3.59. The van der Waals surface area contributed by atoms with Crippen LogP contribution in [0.5, 0.6) is 0 Å². The summed E-state index contributed by atoms with van der Waals surface area (Å²) in [6.45, 7) is 1.19. The van der Waals surface area contributed by atoms with Gasteiger partial charge in [-0.05, 0) is 37.7 Å². The van der Waals surface area contributed by atoms with Gasteiger partial charge in [0.15, 0.2) is 5.69 Å². The van der Waals surface area contributed by atoms with E-state index in [1.165, 1.54) is 10.9 Å². The van der Waals surface area contributed by atoms with Crippen molar-refractivity contribution >= 4 is 11.9 Å². The fourth-order valence-corrected chi connectivity index (χ4v) is 3.43. The number of hydrogen-bond donors (Lipinski definition) is 2. The molecule has 2 fully saturated rings. The predicted octanol–water partition coefficient (Wildman–Crippen LogP) is 1.49. The molecule has 1 aliphatic heterocycles. The molecule has 2 aromatic heterocycles. The maximum absolute atomic E-state index is 12.9. The highest BCUT2D eigenvalue weighted by molar-refractivity contribution is 5.96. The van der Waals surface area contributed by atoms with Gasteiger partial charge in [0, 0.05) is 18.4 Å². The van der Waals surface area contributed by atoms with Crippen LogP contribution in [-0.2, 0) is 6.54 Å². The molecule has 2 aliphatic rings. The van der Waals surface area contributed by atoms with Crippen molar-refractivity contribution in [3.8, 4) is 0 Å². The summed E-state index contributed by atoms with van der Waals surface area (Å²) < 4.78 is 1.51. The van der Waals surface area contributed by atoms with Gasteiger partial charge in [-0.1, -0.05) is 5.21 Å². The fourth-order valence-electron chi connectivity index (χ4n) is 3.43. The second-order valence-electron chi connectivity index (χ2n) is 6.50. The number of likely N-dealkylation sites (tertiary alicyclic amines) is 1. The highest BCUT2D eigenvalue weighted by Gasteiger charge is 2.34. The molecular weight excluding hydrogens is 310 g/mol. The smallest absolute Gasteiger partial charge is 0.358 e. The van der Waals surface area contributed by atoms with E-state index in [1.54, 1.807) is 0 Å². The topological polar surface area (TPSA) is 104 Å². The zero-order valence-electron chi connectivity index (χ0n) is 13.2. The SMILES string of the molecule is O=C(O)c1cn(CC2CCCN2C(=O)c2cc[nH]c2C2CC2)nn1. The van der Waals surface area contributed by atoms with Gasteiger partial charge in [-0.15, -0.1) is 5.10 Å². The Bertz CT molecular complexity index is 776. The monoisotopic (exact) mass is 329 g/mol. The number of carboxylic acid groups (broad SMARTS) is 1. The van der Waals surface area contributed by atoms with Crippen molar-refractivity contribution in [3.05, 3.63) is 35.4 Å². The molecule has 126 valence electrons. The molecule has 2 aromatic rings. The molecule has 1 amide bonds. The summed E-state index contributed by atoms with van der Waals surface area (Å²) in [5.41, 5.74) is 1.75. The zero-order valence-corrected chi connectivity index (χ0v) is 13.2. The lowest BCUT2D eigenvalue weighted by Gasteiger charge is -2.24. The van der Waals surface area contributed by atoms with Crippen molar-refractivity contribution in [3.63, 3.8) is 0 Å². The fraction of sp³-hybridized carbons (Fsp3) is 0.500. The Balaban J connectivity index is 1.50. The minimum atomic E-state index is -1.10. The number of rotatable bonds is 5. The predicted molar refractivity (Wildman–Crippen MR) is 83.8 cm³/mol. The van der Waals surface area contributed by atoms with Crippen molar-refractivity contribution in [2.75, 3.05) is 6.54 Å². The molecule has 1 saturated heterocycles. The quantitative estimate of drug-likeness (QED) is 0.865.